The molecule has 1 aromatic carbocycles. The molecular weight excluding hydrogens is 240 g/mol. The third-order valence-electron chi connectivity index (χ3n) is 4.02. The summed E-state index contributed by atoms with van der Waals surface area (Å²) < 4.78 is 0. The molecular formula is C16H22O3. The number of aliphatic carboxylic acids is 1. The Hall–Kier alpha value is -1.51. The second kappa shape index (κ2) is 5.24. The molecule has 0 bridgehead atoms. The van der Waals surface area contributed by atoms with Crippen molar-refractivity contribution in [3.05, 3.63) is 28.8 Å². The second-order valence-corrected chi connectivity index (χ2v) is 5.96. The topological polar surface area (TPSA) is 57.5 Å². The van der Waals surface area contributed by atoms with Crippen LogP contribution in [0, 0.1) is 12.8 Å². The molecule has 1 aliphatic rings. The van der Waals surface area contributed by atoms with E-state index in [2.05, 4.69) is 13.8 Å². The van der Waals surface area contributed by atoms with Crippen molar-refractivity contribution in [2.45, 2.75) is 51.9 Å². The third-order valence-corrected chi connectivity index (χ3v) is 4.02. The Morgan fingerprint density at radius 1 is 1.32 bits per heavy atom. The Bertz CT molecular complexity index is 487. The van der Waals surface area contributed by atoms with Gasteiger partial charge in [-0.1, -0.05) is 19.9 Å². The molecule has 2 N–H and O–H groups in total. The van der Waals surface area contributed by atoms with E-state index in [0.717, 1.165) is 24.0 Å². The van der Waals surface area contributed by atoms with E-state index in [0.29, 0.717) is 11.8 Å². The van der Waals surface area contributed by atoms with Crippen LogP contribution in [-0.2, 0) is 4.79 Å². The minimum absolute atomic E-state index is 0.0457. The van der Waals surface area contributed by atoms with E-state index in [1.165, 1.54) is 5.56 Å². The predicted octanol–water partition coefficient (Wildman–Crippen LogP) is 3.79. The molecule has 0 amide bonds. The van der Waals surface area contributed by atoms with Gasteiger partial charge in [-0.05, 0) is 54.4 Å². The average Bonchev–Trinajstić information content (AvgIpc) is 3.09. The van der Waals surface area contributed by atoms with E-state index in [-0.39, 0.29) is 18.1 Å². The molecule has 1 saturated carbocycles. The van der Waals surface area contributed by atoms with Crippen molar-refractivity contribution in [2.75, 3.05) is 0 Å². The molecule has 1 aliphatic carbocycles. The number of hydrogen-bond acceptors (Lipinski definition) is 2. The molecule has 3 heteroatoms. The maximum absolute atomic E-state index is 11.0. The summed E-state index contributed by atoms with van der Waals surface area (Å²) in [5.74, 6) is 0.215. The van der Waals surface area contributed by atoms with Crippen LogP contribution in [0.25, 0.3) is 0 Å². The molecule has 0 aliphatic heterocycles. The zero-order chi connectivity index (χ0) is 14.2. The normalized spacial score (nSPS) is 16.6. The lowest BCUT2D eigenvalue weighted by Crippen LogP contribution is -2.09. The van der Waals surface area contributed by atoms with Crippen LogP contribution < -0.4 is 0 Å². The van der Waals surface area contributed by atoms with E-state index in [4.69, 9.17) is 5.11 Å². The highest BCUT2D eigenvalue weighted by Gasteiger charge is 2.35. The van der Waals surface area contributed by atoms with Crippen LogP contribution in [0.2, 0.25) is 0 Å². The number of phenolic OH excluding ortho intramolecular Hbond substituents is 1. The first kappa shape index (κ1) is 13.9. The van der Waals surface area contributed by atoms with Crippen LogP contribution in [0.1, 0.15) is 61.6 Å². The molecule has 1 unspecified atom stereocenters. The number of carboxylic acid groups (broad SMARTS) is 1. The Kier molecular flexibility index (Phi) is 3.83. The van der Waals surface area contributed by atoms with E-state index in [1.807, 2.05) is 13.0 Å². The summed E-state index contributed by atoms with van der Waals surface area (Å²) in [6.45, 7) is 6.22. The largest absolute Gasteiger partial charge is 0.508 e. The molecule has 0 aromatic heterocycles. The van der Waals surface area contributed by atoms with Crippen LogP contribution >= 0.6 is 0 Å². The summed E-state index contributed by atoms with van der Waals surface area (Å²) in [6.07, 6.45) is 2.25. The fourth-order valence-corrected chi connectivity index (χ4v) is 2.86. The summed E-state index contributed by atoms with van der Waals surface area (Å²) in [6, 6.07) is 3.79. The lowest BCUT2D eigenvalue weighted by atomic mass is 9.86. The standard InChI is InChI=1S/C16H22O3/c1-9(2)12-7-14(15(17)6-10(12)3)13(8-16(18)19)11-4-5-11/h6-7,9,11,13,17H,4-5,8H2,1-3H3,(H,18,19). The van der Waals surface area contributed by atoms with Gasteiger partial charge in [-0.2, -0.15) is 0 Å². The lowest BCUT2D eigenvalue weighted by Gasteiger charge is -2.20. The number of rotatable bonds is 5. The lowest BCUT2D eigenvalue weighted by molar-refractivity contribution is -0.137. The molecule has 1 atom stereocenters. The van der Waals surface area contributed by atoms with Crippen LogP contribution in [-0.4, -0.2) is 16.2 Å². The summed E-state index contributed by atoms with van der Waals surface area (Å²) in [4.78, 5) is 11.0. The smallest absolute Gasteiger partial charge is 0.303 e. The molecule has 1 aromatic rings. The zero-order valence-electron chi connectivity index (χ0n) is 11.8. The summed E-state index contributed by atoms with van der Waals surface area (Å²) in [7, 11) is 0. The summed E-state index contributed by atoms with van der Waals surface area (Å²) in [5.41, 5.74) is 3.09. The Labute approximate surface area is 114 Å². The van der Waals surface area contributed by atoms with Crippen LogP contribution in [0.5, 0.6) is 5.75 Å². The van der Waals surface area contributed by atoms with Crippen molar-refractivity contribution in [1.82, 2.24) is 0 Å². The van der Waals surface area contributed by atoms with Crippen molar-refractivity contribution in [1.29, 1.82) is 0 Å². The van der Waals surface area contributed by atoms with Gasteiger partial charge in [0, 0.05) is 5.92 Å². The molecule has 104 valence electrons. The first-order valence-electron chi connectivity index (χ1n) is 6.95. The van der Waals surface area contributed by atoms with Crippen molar-refractivity contribution in [3.63, 3.8) is 0 Å². The molecule has 3 nitrogen and oxygen atoms in total. The van der Waals surface area contributed by atoms with Gasteiger partial charge in [0.05, 0.1) is 6.42 Å². The van der Waals surface area contributed by atoms with Gasteiger partial charge in [-0.15, -0.1) is 0 Å². The zero-order valence-corrected chi connectivity index (χ0v) is 11.8. The van der Waals surface area contributed by atoms with Crippen LogP contribution in [0.3, 0.4) is 0 Å². The van der Waals surface area contributed by atoms with E-state index in [9.17, 15) is 9.90 Å². The Morgan fingerprint density at radius 3 is 2.42 bits per heavy atom. The molecule has 19 heavy (non-hydrogen) atoms. The fourth-order valence-electron chi connectivity index (χ4n) is 2.86. The quantitative estimate of drug-likeness (QED) is 0.848. The number of benzene rings is 1. The molecule has 0 radical (unpaired) electrons. The van der Waals surface area contributed by atoms with E-state index < -0.39 is 5.97 Å². The fraction of sp³-hybridized carbons (Fsp3) is 0.562. The number of carboxylic acids is 1. The molecule has 0 spiro atoms. The average molecular weight is 262 g/mol. The molecule has 2 rings (SSSR count). The maximum Gasteiger partial charge on any atom is 0.303 e. The minimum atomic E-state index is -0.789. The number of aromatic hydroxyl groups is 1. The van der Waals surface area contributed by atoms with Gasteiger partial charge in [0.1, 0.15) is 5.75 Å². The maximum atomic E-state index is 11.0. The highest BCUT2D eigenvalue weighted by atomic mass is 16.4. The van der Waals surface area contributed by atoms with E-state index >= 15 is 0 Å². The van der Waals surface area contributed by atoms with Crippen molar-refractivity contribution in [3.8, 4) is 5.75 Å². The first-order valence-corrected chi connectivity index (χ1v) is 6.95. The minimum Gasteiger partial charge on any atom is -0.508 e. The molecule has 1 fully saturated rings. The second-order valence-electron chi connectivity index (χ2n) is 5.96. The van der Waals surface area contributed by atoms with Gasteiger partial charge in [0.25, 0.3) is 0 Å². The predicted molar refractivity (Wildman–Crippen MR) is 74.7 cm³/mol. The summed E-state index contributed by atoms with van der Waals surface area (Å²) >= 11 is 0. The van der Waals surface area contributed by atoms with Gasteiger partial charge < -0.3 is 10.2 Å². The SMILES string of the molecule is Cc1cc(O)c(C(CC(=O)O)C2CC2)cc1C(C)C. The van der Waals surface area contributed by atoms with Gasteiger partial charge in [-0.3, -0.25) is 4.79 Å². The number of hydrogen-bond donors (Lipinski definition) is 2. The van der Waals surface area contributed by atoms with Crippen molar-refractivity contribution >= 4 is 5.97 Å². The monoisotopic (exact) mass is 262 g/mol. The highest BCUT2D eigenvalue weighted by Crippen LogP contribution is 2.47. The summed E-state index contributed by atoms with van der Waals surface area (Å²) in [5, 5.41) is 19.2. The number of aryl methyl sites for hydroxylation is 1. The van der Waals surface area contributed by atoms with Crippen LogP contribution in [0.4, 0.5) is 0 Å². The third kappa shape index (κ3) is 3.09. The first-order chi connectivity index (χ1) is 8.90. The van der Waals surface area contributed by atoms with Crippen LogP contribution in [0.15, 0.2) is 12.1 Å². The van der Waals surface area contributed by atoms with Gasteiger partial charge in [-0.25, -0.2) is 0 Å². The highest BCUT2D eigenvalue weighted by molar-refractivity contribution is 5.68. The number of phenols is 1. The Balaban J connectivity index is 2.40. The number of carbonyl (C=O) groups is 1. The van der Waals surface area contributed by atoms with Gasteiger partial charge in [0.2, 0.25) is 0 Å². The van der Waals surface area contributed by atoms with Gasteiger partial charge >= 0.3 is 5.97 Å². The van der Waals surface area contributed by atoms with E-state index in [1.54, 1.807) is 6.07 Å². The van der Waals surface area contributed by atoms with Crippen molar-refractivity contribution < 1.29 is 15.0 Å². The molecule has 0 saturated heterocycles. The Morgan fingerprint density at radius 2 is 1.95 bits per heavy atom. The molecule has 0 heterocycles. The van der Waals surface area contributed by atoms with Crippen molar-refractivity contribution in [2.24, 2.45) is 5.92 Å². The van der Waals surface area contributed by atoms with Gasteiger partial charge in [0.15, 0.2) is 0 Å².